The largest absolute Gasteiger partial charge is 0.456 e. The van der Waals surface area contributed by atoms with E-state index in [1.54, 1.807) is 0 Å². The van der Waals surface area contributed by atoms with Gasteiger partial charge in [-0.15, -0.1) is 0 Å². The highest BCUT2D eigenvalue weighted by molar-refractivity contribution is 6.12. The molecular weight excluding hydrogens is 546 g/mol. The first kappa shape index (κ1) is 24.8. The zero-order chi connectivity index (χ0) is 29.9. The highest BCUT2D eigenvalue weighted by Gasteiger charge is 2.36. The summed E-state index contributed by atoms with van der Waals surface area (Å²) < 4.78 is 8.86. The van der Waals surface area contributed by atoms with Gasteiger partial charge in [0, 0.05) is 32.6 Å². The molecule has 9 aromatic rings. The van der Waals surface area contributed by atoms with Crippen molar-refractivity contribution >= 4 is 54.5 Å². The Morgan fingerprint density at radius 3 is 2.09 bits per heavy atom. The third-order valence-corrected chi connectivity index (χ3v) is 10.2. The van der Waals surface area contributed by atoms with Gasteiger partial charge in [0.1, 0.15) is 11.2 Å². The summed E-state index contributed by atoms with van der Waals surface area (Å²) in [5.74, 6) is 0. The fourth-order valence-electron chi connectivity index (χ4n) is 7.90. The number of aromatic nitrogens is 1. The van der Waals surface area contributed by atoms with E-state index in [1.165, 1.54) is 77.0 Å². The van der Waals surface area contributed by atoms with Gasteiger partial charge in [0.05, 0.1) is 11.0 Å². The number of furan rings is 1. The third-order valence-electron chi connectivity index (χ3n) is 10.2. The Bertz CT molecular complexity index is 2680. The SMILES string of the molecule is CC1(C)c2ccccc2-c2cc3c(cc21)oc1ccc(-c2ccc4c(c2)c2ccccc2n4-c2ccc4ccccc4c2)cc13. The first-order valence-corrected chi connectivity index (χ1v) is 15.7. The highest BCUT2D eigenvalue weighted by atomic mass is 16.3. The smallest absolute Gasteiger partial charge is 0.135 e. The quantitative estimate of drug-likeness (QED) is 0.200. The van der Waals surface area contributed by atoms with Gasteiger partial charge in [0.15, 0.2) is 0 Å². The van der Waals surface area contributed by atoms with Crippen LogP contribution in [0.3, 0.4) is 0 Å². The summed E-state index contributed by atoms with van der Waals surface area (Å²) >= 11 is 0. The predicted molar refractivity (Wildman–Crippen MR) is 189 cm³/mol. The van der Waals surface area contributed by atoms with Crippen LogP contribution in [0.4, 0.5) is 0 Å². The molecular formula is C43H29NO. The molecule has 1 aliphatic carbocycles. The zero-order valence-corrected chi connectivity index (χ0v) is 25.1. The van der Waals surface area contributed by atoms with Crippen LogP contribution in [-0.4, -0.2) is 4.57 Å². The minimum Gasteiger partial charge on any atom is -0.456 e. The minimum absolute atomic E-state index is 0.0499. The molecule has 7 aromatic carbocycles. The van der Waals surface area contributed by atoms with Crippen molar-refractivity contribution in [3.05, 3.63) is 151 Å². The Morgan fingerprint density at radius 2 is 1.18 bits per heavy atom. The van der Waals surface area contributed by atoms with Crippen molar-refractivity contribution in [3.63, 3.8) is 0 Å². The van der Waals surface area contributed by atoms with E-state index in [0.29, 0.717) is 0 Å². The van der Waals surface area contributed by atoms with Crippen molar-refractivity contribution in [2.45, 2.75) is 19.3 Å². The van der Waals surface area contributed by atoms with E-state index in [-0.39, 0.29) is 5.41 Å². The van der Waals surface area contributed by atoms with Crippen molar-refractivity contribution in [1.29, 1.82) is 0 Å². The van der Waals surface area contributed by atoms with E-state index in [1.807, 2.05) is 0 Å². The van der Waals surface area contributed by atoms with Gasteiger partial charge in [0.2, 0.25) is 0 Å². The molecule has 2 nitrogen and oxygen atoms in total. The van der Waals surface area contributed by atoms with Crippen LogP contribution in [0.5, 0.6) is 0 Å². The molecule has 0 spiro atoms. The number of para-hydroxylation sites is 1. The summed E-state index contributed by atoms with van der Waals surface area (Å²) in [4.78, 5) is 0. The summed E-state index contributed by atoms with van der Waals surface area (Å²) in [5, 5.41) is 7.35. The van der Waals surface area contributed by atoms with E-state index in [9.17, 15) is 0 Å². The van der Waals surface area contributed by atoms with E-state index in [2.05, 4.69) is 158 Å². The molecule has 0 unspecified atom stereocenters. The molecule has 0 atom stereocenters. The number of hydrogen-bond donors (Lipinski definition) is 0. The van der Waals surface area contributed by atoms with Crippen LogP contribution in [0.25, 0.3) is 82.5 Å². The minimum atomic E-state index is -0.0499. The fourth-order valence-corrected chi connectivity index (χ4v) is 7.90. The Hall–Kier alpha value is -5.60. The number of rotatable bonds is 2. The fraction of sp³-hybridized carbons (Fsp3) is 0.0698. The van der Waals surface area contributed by atoms with Crippen LogP contribution in [0, 0.1) is 0 Å². The van der Waals surface area contributed by atoms with Crippen LogP contribution in [0.2, 0.25) is 0 Å². The van der Waals surface area contributed by atoms with Crippen LogP contribution in [-0.2, 0) is 5.41 Å². The Balaban J connectivity index is 1.16. The van der Waals surface area contributed by atoms with Crippen LogP contribution < -0.4 is 0 Å². The molecule has 0 saturated carbocycles. The number of hydrogen-bond acceptors (Lipinski definition) is 1. The molecule has 0 N–H and O–H groups in total. The van der Waals surface area contributed by atoms with E-state index in [4.69, 9.17) is 4.42 Å². The van der Waals surface area contributed by atoms with Gasteiger partial charge in [-0.25, -0.2) is 0 Å². The standard InChI is InChI=1S/C43H29NO/c1-43(2)37-13-7-5-11-31(37)33-24-36-35-23-29(17-20-41(35)45-42(36)25-38(33)43)28-16-19-40-34(22-28)32-12-6-8-14-39(32)44(40)30-18-15-26-9-3-4-10-27(26)21-30/h3-25H,1-2H3. The summed E-state index contributed by atoms with van der Waals surface area (Å²) in [6.07, 6.45) is 0. The van der Waals surface area contributed by atoms with Crippen molar-refractivity contribution in [3.8, 4) is 27.9 Å². The molecule has 0 fully saturated rings. The van der Waals surface area contributed by atoms with Gasteiger partial charge in [0.25, 0.3) is 0 Å². The molecule has 2 heteroatoms. The van der Waals surface area contributed by atoms with Gasteiger partial charge in [-0.2, -0.15) is 0 Å². The molecule has 1 aliphatic rings. The second-order valence-electron chi connectivity index (χ2n) is 13.0. The highest BCUT2D eigenvalue weighted by Crippen LogP contribution is 2.50. The van der Waals surface area contributed by atoms with Crippen LogP contribution in [0.15, 0.2) is 144 Å². The van der Waals surface area contributed by atoms with Crippen LogP contribution >= 0.6 is 0 Å². The molecule has 0 bridgehead atoms. The van der Waals surface area contributed by atoms with Crippen molar-refractivity contribution in [1.82, 2.24) is 4.57 Å². The molecule has 0 saturated heterocycles. The predicted octanol–water partition coefficient (Wildman–Crippen LogP) is 11.8. The van der Waals surface area contributed by atoms with E-state index in [0.717, 1.165) is 16.6 Å². The van der Waals surface area contributed by atoms with Gasteiger partial charge in [-0.05, 0) is 98.8 Å². The normalized spacial score (nSPS) is 13.7. The maximum Gasteiger partial charge on any atom is 0.135 e. The Labute approximate surface area is 260 Å². The zero-order valence-electron chi connectivity index (χ0n) is 25.1. The molecule has 0 aliphatic heterocycles. The van der Waals surface area contributed by atoms with Crippen molar-refractivity contribution in [2.75, 3.05) is 0 Å². The monoisotopic (exact) mass is 575 g/mol. The van der Waals surface area contributed by atoms with Gasteiger partial charge in [-0.3, -0.25) is 0 Å². The van der Waals surface area contributed by atoms with Gasteiger partial charge < -0.3 is 8.98 Å². The van der Waals surface area contributed by atoms with Crippen molar-refractivity contribution < 1.29 is 4.42 Å². The summed E-state index contributed by atoms with van der Waals surface area (Å²) in [6.45, 7) is 4.63. The summed E-state index contributed by atoms with van der Waals surface area (Å²) in [6, 6.07) is 51.0. The van der Waals surface area contributed by atoms with Gasteiger partial charge in [-0.1, -0.05) is 98.8 Å². The summed E-state index contributed by atoms with van der Waals surface area (Å²) in [7, 11) is 0. The second kappa shape index (κ2) is 8.74. The number of nitrogens with zero attached hydrogens (tertiary/aromatic N) is 1. The first-order chi connectivity index (χ1) is 22.0. The first-order valence-electron chi connectivity index (χ1n) is 15.7. The molecule has 0 radical (unpaired) electrons. The lowest BCUT2D eigenvalue weighted by Crippen LogP contribution is -2.14. The Morgan fingerprint density at radius 1 is 0.467 bits per heavy atom. The van der Waals surface area contributed by atoms with E-state index >= 15 is 0 Å². The summed E-state index contributed by atoms with van der Waals surface area (Å²) in [5.41, 5.74) is 13.2. The molecule has 10 rings (SSSR count). The second-order valence-corrected chi connectivity index (χ2v) is 13.0. The lowest BCUT2D eigenvalue weighted by molar-refractivity contribution is 0.647. The average Bonchev–Trinajstić information content (AvgIpc) is 3.68. The molecule has 2 aromatic heterocycles. The molecule has 45 heavy (non-hydrogen) atoms. The molecule has 0 amide bonds. The maximum absolute atomic E-state index is 6.47. The number of fused-ring (bicyclic) bond motifs is 10. The Kier molecular flexibility index (Phi) is 4.82. The number of benzene rings is 7. The molecule has 212 valence electrons. The lowest BCUT2D eigenvalue weighted by atomic mass is 9.82. The average molecular weight is 576 g/mol. The topological polar surface area (TPSA) is 18.1 Å². The third kappa shape index (κ3) is 3.40. The van der Waals surface area contributed by atoms with Crippen molar-refractivity contribution in [2.24, 2.45) is 0 Å². The molecule has 2 heterocycles. The van der Waals surface area contributed by atoms with Gasteiger partial charge >= 0.3 is 0 Å². The van der Waals surface area contributed by atoms with E-state index < -0.39 is 0 Å². The lowest BCUT2D eigenvalue weighted by Gasteiger charge is -2.21. The van der Waals surface area contributed by atoms with Crippen LogP contribution in [0.1, 0.15) is 25.0 Å². The maximum atomic E-state index is 6.47.